The van der Waals surface area contributed by atoms with Gasteiger partial charge in [-0.15, -0.1) is 0 Å². The van der Waals surface area contributed by atoms with Crippen LogP contribution in [-0.4, -0.2) is 28.3 Å². The van der Waals surface area contributed by atoms with Crippen molar-refractivity contribution in [2.24, 2.45) is 0 Å². The summed E-state index contributed by atoms with van der Waals surface area (Å²) < 4.78 is 9.95. The van der Waals surface area contributed by atoms with Crippen LogP contribution in [0.15, 0.2) is 10.5 Å². The molecule has 84 valence electrons. The maximum absolute atomic E-state index is 11.2. The highest BCUT2D eigenvalue weighted by molar-refractivity contribution is 5.88. The molecule has 0 amide bonds. The first-order valence-electron chi connectivity index (χ1n) is 4.70. The lowest BCUT2D eigenvalue weighted by molar-refractivity contribution is 0.0594. The summed E-state index contributed by atoms with van der Waals surface area (Å²) in [6.45, 7) is 3.57. The average Bonchev–Trinajstić information content (AvgIpc) is 2.83. The number of nitrogens with zero attached hydrogens (tertiary/aromatic N) is 2. The van der Waals surface area contributed by atoms with Crippen molar-refractivity contribution < 1.29 is 13.9 Å². The summed E-state index contributed by atoms with van der Waals surface area (Å²) in [6.07, 6.45) is 0. The van der Waals surface area contributed by atoms with E-state index >= 15 is 0 Å². The number of nitrogens with one attached hydrogen (secondary N) is 1. The number of methoxy groups -OCH3 is 1. The number of aromatic nitrogens is 3. The molecule has 2 rings (SSSR count). The number of ether oxygens (including phenoxy) is 1. The molecule has 0 radical (unpaired) electrons. The molecule has 0 bridgehead atoms. The van der Waals surface area contributed by atoms with Crippen LogP contribution in [0.2, 0.25) is 0 Å². The van der Waals surface area contributed by atoms with Gasteiger partial charge < -0.3 is 9.15 Å². The van der Waals surface area contributed by atoms with E-state index in [1.165, 1.54) is 7.11 Å². The molecule has 2 aromatic heterocycles. The van der Waals surface area contributed by atoms with Crippen LogP contribution in [0.5, 0.6) is 0 Å². The number of carbonyl (C=O) groups is 1. The number of aryl methyl sites for hydroxylation is 2. The van der Waals surface area contributed by atoms with E-state index in [0.29, 0.717) is 17.3 Å². The summed E-state index contributed by atoms with van der Waals surface area (Å²) in [5, 5.41) is 6.55. The van der Waals surface area contributed by atoms with E-state index in [4.69, 9.17) is 4.42 Å². The van der Waals surface area contributed by atoms with Gasteiger partial charge in [0.15, 0.2) is 11.7 Å². The molecule has 2 heterocycles. The highest BCUT2D eigenvalue weighted by atomic mass is 16.5. The highest BCUT2D eigenvalue weighted by Gasteiger charge is 2.16. The van der Waals surface area contributed by atoms with Crippen LogP contribution in [0.25, 0.3) is 11.5 Å². The zero-order valence-corrected chi connectivity index (χ0v) is 9.20. The summed E-state index contributed by atoms with van der Waals surface area (Å²) in [7, 11) is 1.31. The first-order chi connectivity index (χ1) is 7.61. The van der Waals surface area contributed by atoms with Gasteiger partial charge in [0.05, 0.1) is 12.8 Å². The lowest BCUT2D eigenvalue weighted by Crippen LogP contribution is -2.00. The average molecular weight is 221 g/mol. The minimum atomic E-state index is -0.465. The van der Waals surface area contributed by atoms with Crippen molar-refractivity contribution in [3.05, 3.63) is 23.3 Å². The second-order valence-electron chi connectivity index (χ2n) is 3.31. The van der Waals surface area contributed by atoms with Gasteiger partial charge in [-0.25, -0.2) is 9.78 Å². The predicted octanol–water partition coefficient (Wildman–Crippen LogP) is 1.47. The second kappa shape index (κ2) is 3.80. The molecule has 0 unspecified atom stereocenters. The van der Waals surface area contributed by atoms with Gasteiger partial charge >= 0.3 is 5.97 Å². The van der Waals surface area contributed by atoms with Crippen molar-refractivity contribution in [2.45, 2.75) is 13.8 Å². The Labute approximate surface area is 91.6 Å². The van der Waals surface area contributed by atoms with Gasteiger partial charge in [0.25, 0.3) is 0 Å². The zero-order chi connectivity index (χ0) is 11.7. The van der Waals surface area contributed by atoms with Gasteiger partial charge in [-0.1, -0.05) is 0 Å². The van der Waals surface area contributed by atoms with E-state index in [1.807, 2.05) is 6.92 Å². The molecule has 16 heavy (non-hydrogen) atoms. The SMILES string of the molecule is COC(=O)c1cc(-c2oc(C)nc2C)n[nH]1. The fraction of sp³-hybridized carbons (Fsp3) is 0.300. The fourth-order valence-electron chi connectivity index (χ4n) is 1.42. The van der Waals surface area contributed by atoms with Crippen LogP contribution in [0, 0.1) is 13.8 Å². The summed E-state index contributed by atoms with van der Waals surface area (Å²) in [4.78, 5) is 15.3. The van der Waals surface area contributed by atoms with E-state index in [0.717, 1.165) is 5.69 Å². The zero-order valence-electron chi connectivity index (χ0n) is 9.20. The molecule has 0 saturated carbocycles. The van der Waals surface area contributed by atoms with Gasteiger partial charge in [0.2, 0.25) is 0 Å². The van der Waals surface area contributed by atoms with Gasteiger partial charge in [0.1, 0.15) is 11.4 Å². The third kappa shape index (κ3) is 1.69. The number of hydrogen-bond donors (Lipinski definition) is 1. The van der Waals surface area contributed by atoms with E-state index in [2.05, 4.69) is 19.9 Å². The molecule has 6 heteroatoms. The Bertz CT molecular complexity index is 527. The predicted molar refractivity (Wildman–Crippen MR) is 54.9 cm³/mol. The third-order valence-corrected chi connectivity index (χ3v) is 2.12. The molecule has 1 N–H and O–H groups in total. The van der Waals surface area contributed by atoms with Gasteiger partial charge in [-0.3, -0.25) is 5.10 Å². The maximum Gasteiger partial charge on any atom is 0.356 e. The van der Waals surface area contributed by atoms with Crippen LogP contribution in [0.1, 0.15) is 22.1 Å². The molecular weight excluding hydrogens is 210 g/mol. The Morgan fingerprint density at radius 1 is 1.50 bits per heavy atom. The van der Waals surface area contributed by atoms with Crippen molar-refractivity contribution in [3.63, 3.8) is 0 Å². The summed E-state index contributed by atoms with van der Waals surface area (Å²) >= 11 is 0. The Kier molecular flexibility index (Phi) is 2.47. The summed E-state index contributed by atoms with van der Waals surface area (Å²) in [5.41, 5.74) is 1.56. The number of carbonyl (C=O) groups excluding carboxylic acids is 1. The second-order valence-corrected chi connectivity index (χ2v) is 3.31. The Balaban J connectivity index is 2.38. The van der Waals surface area contributed by atoms with Crippen LogP contribution in [0.3, 0.4) is 0 Å². The minimum Gasteiger partial charge on any atom is -0.464 e. The van der Waals surface area contributed by atoms with Crippen molar-refractivity contribution in [2.75, 3.05) is 7.11 Å². The van der Waals surface area contributed by atoms with Gasteiger partial charge in [0, 0.05) is 13.0 Å². The number of hydrogen-bond acceptors (Lipinski definition) is 5. The van der Waals surface area contributed by atoms with Gasteiger partial charge in [-0.05, 0) is 6.92 Å². The topological polar surface area (TPSA) is 81.0 Å². The van der Waals surface area contributed by atoms with Crippen LogP contribution < -0.4 is 0 Å². The van der Waals surface area contributed by atoms with Crippen molar-refractivity contribution >= 4 is 5.97 Å². The lowest BCUT2D eigenvalue weighted by atomic mass is 10.2. The molecule has 0 aromatic carbocycles. The number of oxazole rings is 1. The Morgan fingerprint density at radius 3 is 2.81 bits per heavy atom. The van der Waals surface area contributed by atoms with Crippen molar-refractivity contribution in [3.8, 4) is 11.5 Å². The third-order valence-electron chi connectivity index (χ3n) is 2.12. The van der Waals surface area contributed by atoms with Crippen LogP contribution in [0.4, 0.5) is 0 Å². The standard InChI is InChI=1S/C10H11N3O3/c1-5-9(16-6(2)11-5)7-4-8(13-12-7)10(14)15-3/h4H,1-3H3,(H,12,13). The first kappa shape index (κ1) is 10.4. The number of esters is 1. The molecule has 0 spiro atoms. The fourth-order valence-corrected chi connectivity index (χ4v) is 1.42. The molecular formula is C10H11N3O3. The van der Waals surface area contributed by atoms with E-state index in [1.54, 1.807) is 13.0 Å². The Morgan fingerprint density at radius 2 is 2.25 bits per heavy atom. The quantitative estimate of drug-likeness (QED) is 0.776. The smallest absolute Gasteiger partial charge is 0.356 e. The highest BCUT2D eigenvalue weighted by Crippen LogP contribution is 2.22. The molecule has 0 fully saturated rings. The van der Waals surface area contributed by atoms with Crippen molar-refractivity contribution in [1.82, 2.24) is 15.2 Å². The van der Waals surface area contributed by atoms with E-state index in [9.17, 15) is 4.79 Å². The molecule has 0 saturated heterocycles. The molecule has 0 atom stereocenters. The maximum atomic E-state index is 11.2. The normalized spacial score (nSPS) is 10.4. The van der Waals surface area contributed by atoms with E-state index < -0.39 is 5.97 Å². The van der Waals surface area contributed by atoms with E-state index in [-0.39, 0.29) is 5.69 Å². The Hall–Kier alpha value is -2.11. The number of H-pyrrole nitrogens is 1. The van der Waals surface area contributed by atoms with Crippen LogP contribution in [-0.2, 0) is 4.74 Å². The van der Waals surface area contributed by atoms with Crippen molar-refractivity contribution in [1.29, 1.82) is 0 Å². The first-order valence-corrected chi connectivity index (χ1v) is 4.70. The van der Waals surface area contributed by atoms with Gasteiger partial charge in [-0.2, -0.15) is 5.10 Å². The van der Waals surface area contributed by atoms with Crippen LogP contribution >= 0.6 is 0 Å². The number of aromatic amines is 1. The monoisotopic (exact) mass is 221 g/mol. The summed E-state index contributed by atoms with van der Waals surface area (Å²) in [6, 6.07) is 1.57. The summed E-state index contributed by atoms with van der Waals surface area (Å²) in [5.74, 6) is 0.659. The largest absolute Gasteiger partial charge is 0.464 e. The molecule has 2 aromatic rings. The molecule has 0 aliphatic heterocycles. The lowest BCUT2D eigenvalue weighted by Gasteiger charge is -1.91. The molecule has 0 aliphatic carbocycles. The molecule has 0 aliphatic rings. The molecule has 6 nitrogen and oxygen atoms in total. The minimum absolute atomic E-state index is 0.283. The number of rotatable bonds is 2.